The van der Waals surface area contributed by atoms with Gasteiger partial charge in [-0.25, -0.2) is 9.97 Å². The van der Waals surface area contributed by atoms with Gasteiger partial charge in [-0.15, -0.1) is 11.6 Å². The molecule has 0 N–H and O–H groups in total. The van der Waals surface area contributed by atoms with E-state index in [0.29, 0.717) is 17.0 Å². The van der Waals surface area contributed by atoms with Crippen LogP contribution in [0.3, 0.4) is 0 Å². The predicted molar refractivity (Wildman–Crippen MR) is 75.4 cm³/mol. The minimum Gasteiger partial charge on any atom is -0.479 e. The van der Waals surface area contributed by atoms with Crippen LogP contribution in [0.5, 0.6) is 5.88 Å². The van der Waals surface area contributed by atoms with Gasteiger partial charge < -0.3 is 4.74 Å². The van der Waals surface area contributed by atoms with Gasteiger partial charge in [0.15, 0.2) is 11.2 Å². The van der Waals surface area contributed by atoms with Gasteiger partial charge in [-0.3, -0.25) is 4.57 Å². The van der Waals surface area contributed by atoms with E-state index in [-0.39, 0.29) is 5.38 Å². The third kappa shape index (κ3) is 1.97. The highest BCUT2D eigenvalue weighted by atomic mass is 35.5. The van der Waals surface area contributed by atoms with E-state index in [1.807, 2.05) is 28.3 Å². The second-order valence-corrected chi connectivity index (χ2v) is 5.39. The topological polar surface area (TPSA) is 52.8 Å². The van der Waals surface area contributed by atoms with Crippen molar-refractivity contribution in [3.8, 4) is 11.6 Å². The molecule has 3 aromatic rings. The molecule has 3 rings (SSSR count). The average molecular weight is 295 g/mol. The van der Waals surface area contributed by atoms with Crippen molar-refractivity contribution in [3.05, 3.63) is 29.0 Å². The number of rotatable bonds is 3. The van der Waals surface area contributed by atoms with E-state index >= 15 is 0 Å². The number of alkyl halides is 1. The summed E-state index contributed by atoms with van der Waals surface area (Å²) >= 11 is 7.83. The minimum absolute atomic E-state index is 0.237. The first-order valence-electron chi connectivity index (χ1n) is 5.66. The number of hydrogen-bond donors (Lipinski definition) is 0. The molecule has 7 heteroatoms. The van der Waals surface area contributed by atoms with Crippen LogP contribution < -0.4 is 4.74 Å². The molecule has 98 valence electrons. The molecule has 0 bridgehead atoms. The Labute approximate surface area is 118 Å². The second kappa shape index (κ2) is 4.79. The predicted octanol–water partition coefficient (Wildman–Crippen LogP) is 3.19. The summed E-state index contributed by atoms with van der Waals surface area (Å²) in [6, 6.07) is 2.00. The Kier molecular flexibility index (Phi) is 3.12. The van der Waals surface area contributed by atoms with Crippen LogP contribution in [0, 0.1) is 0 Å². The Morgan fingerprint density at radius 2 is 2.26 bits per heavy atom. The fraction of sp³-hybridized carbons (Fsp3) is 0.250. The van der Waals surface area contributed by atoms with Crippen molar-refractivity contribution in [2.45, 2.75) is 12.3 Å². The van der Waals surface area contributed by atoms with Gasteiger partial charge in [-0.2, -0.15) is 16.3 Å². The molecule has 0 aliphatic carbocycles. The number of halogens is 1. The summed E-state index contributed by atoms with van der Waals surface area (Å²) in [4.78, 5) is 12.9. The van der Waals surface area contributed by atoms with E-state index in [1.165, 1.54) is 6.33 Å². The maximum absolute atomic E-state index is 6.22. The highest BCUT2D eigenvalue weighted by molar-refractivity contribution is 7.08. The van der Waals surface area contributed by atoms with E-state index in [1.54, 1.807) is 18.4 Å². The fourth-order valence-electron chi connectivity index (χ4n) is 1.94. The number of aromatic nitrogens is 4. The highest BCUT2D eigenvalue weighted by Gasteiger charge is 2.20. The van der Waals surface area contributed by atoms with Crippen LogP contribution in [0.4, 0.5) is 0 Å². The van der Waals surface area contributed by atoms with Gasteiger partial charge in [0.25, 0.3) is 0 Å². The van der Waals surface area contributed by atoms with Gasteiger partial charge in [0.1, 0.15) is 12.2 Å². The summed E-state index contributed by atoms with van der Waals surface area (Å²) in [5, 5.41) is 3.79. The number of hydrogen-bond acceptors (Lipinski definition) is 5. The largest absolute Gasteiger partial charge is 0.479 e. The molecule has 3 heterocycles. The number of methoxy groups -OCH3 is 1. The van der Waals surface area contributed by atoms with Crippen LogP contribution in [0.1, 0.15) is 18.1 Å². The Balaban J connectivity index is 2.37. The number of nitrogens with zero attached hydrogens (tertiary/aromatic N) is 4. The van der Waals surface area contributed by atoms with Crippen LogP contribution in [-0.2, 0) is 0 Å². The minimum atomic E-state index is -0.237. The summed E-state index contributed by atoms with van der Waals surface area (Å²) in [6.45, 7) is 1.88. The molecule has 1 unspecified atom stereocenters. The lowest BCUT2D eigenvalue weighted by Gasteiger charge is -2.07. The van der Waals surface area contributed by atoms with Gasteiger partial charge in [0.2, 0.25) is 5.88 Å². The lowest BCUT2D eigenvalue weighted by molar-refractivity contribution is 0.401. The maximum atomic E-state index is 6.22. The molecule has 0 aromatic carbocycles. The maximum Gasteiger partial charge on any atom is 0.245 e. The van der Waals surface area contributed by atoms with Crippen LogP contribution in [0.15, 0.2) is 23.2 Å². The molecule has 0 aliphatic heterocycles. The summed E-state index contributed by atoms with van der Waals surface area (Å²) in [6.07, 6.45) is 1.47. The number of imidazole rings is 1. The van der Waals surface area contributed by atoms with Crippen molar-refractivity contribution < 1.29 is 4.74 Å². The average Bonchev–Trinajstić information content (AvgIpc) is 3.04. The molecule has 19 heavy (non-hydrogen) atoms. The monoisotopic (exact) mass is 294 g/mol. The summed E-state index contributed by atoms with van der Waals surface area (Å²) in [5.74, 6) is 1.19. The Morgan fingerprint density at radius 3 is 2.89 bits per heavy atom. The SMILES string of the molecule is COc1ncnc2c1nc(C(C)Cl)n2-c1ccsc1. The zero-order valence-corrected chi connectivity index (χ0v) is 11.9. The van der Waals surface area contributed by atoms with E-state index in [0.717, 1.165) is 11.5 Å². The van der Waals surface area contributed by atoms with Crippen molar-refractivity contribution in [1.82, 2.24) is 19.5 Å². The van der Waals surface area contributed by atoms with Gasteiger partial charge >= 0.3 is 0 Å². The molecule has 0 spiro atoms. The molecule has 0 saturated heterocycles. The third-order valence-corrected chi connectivity index (χ3v) is 3.62. The third-order valence-electron chi connectivity index (χ3n) is 2.75. The molecular formula is C12H11ClN4OS. The lowest BCUT2D eigenvalue weighted by atomic mass is 10.4. The van der Waals surface area contributed by atoms with Gasteiger partial charge in [-0.1, -0.05) is 0 Å². The standard InChI is InChI=1S/C12H11ClN4OS/c1-7(13)10-16-9-11(14-6-15-12(9)18-2)17(10)8-3-4-19-5-8/h3-7H,1-2H3. The van der Waals surface area contributed by atoms with Gasteiger partial charge in [-0.05, 0) is 18.4 Å². The molecule has 0 aliphatic rings. The van der Waals surface area contributed by atoms with E-state index < -0.39 is 0 Å². The van der Waals surface area contributed by atoms with E-state index in [9.17, 15) is 0 Å². The molecule has 3 aromatic heterocycles. The summed E-state index contributed by atoms with van der Waals surface area (Å²) in [7, 11) is 1.56. The van der Waals surface area contributed by atoms with Gasteiger partial charge in [0.05, 0.1) is 18.2 Å². The Hall–Kier alpha value is -1.66. The summed E-state index contributed by atoms with van der Waals surface area (Å²) < 4.78 is 7.16. The van der Waals surface area contributed by atoms with Gasteiger partial charge in [0, 0.05) is 5.38 Å². The first-order valence-corrected chi connectivity index (χ1v) is 7.04. The van der Waals surface area contributed by atoms with Crippen LogP contribution in [0.25, 0.3) is 16.9 Å². The van der Waals surface area contributed by atoms with Crippen molar-refractivity contribution in [3.63, 3.8) is 0 Å². The lowest BCUT2D eigenvalue weighted by Crippen LogP contribution is -2.01. The number of thiophene rings is 1. The molecular weight excluding hydrogens is 284 g/mol. The van der Waals surface area contributed by atoms with Crippen molar-refractivity contribution in [2.75, 3.05) is 7.11 Å². The Morgan fingerprint density at radius 1 is 1.42 bits per heavy atom. The molecule has 0 amide bonds. The molecule has 5 nitrogen and oxygen atoms in total. The quantitative estimate of drug-likeness (QED) is 0.696. The zero-order valence-electron chi connectivity index (χ0n) is 10.4. The van der Waals surface area contributed by atoms with E-state index in [4.69, 9.17) is 16.3 Å². The van der Waals surface area contributed by atoms with Crippen LogP contribution >= 0.6 is 22.9 Å². The first kappa shape index (κ1) is 12.4. The second-order valence-electron chi connectivity index (χ2n) is 3.96. The summed E-state index contributed by atoms with van der Waals surface area (Å²) in [5.41, 5.74) is 2.32. The van der Waals surface area contributed by atoms with Crippen LogP contribution in [-0.4, -0.2) is 26.6 Å². The normalized spacial score (nSPS) is 12.8. The number of fused-ring (bicyclic) bond motifs is 1. The first-order chi connectivity index (χ1) is 9.22. The number of ether oxygens (including phenoxy) is 1. The smallest absolute Gasteiger partial charge is 0.245 e. The molecule has 1 atom stereocenters. The molecule has 0 fully saturated rings. The Bertz CT molecular complexity index is 708. The van der Waals surface area contributed by atoms with Crippen molar-refractivity contribution in [2.24, 2.45) is 0 Å². The highest BCUT2D eigenvalue weighted by Crippen LogP contribution is 2.30. The molecule has 0 saturated carbocycles. The van der Waals surface area contributed by atoms with E-state index in [2.05, 4.69) is 15.0 Å². The zero-order chi connectivity index (χ0) is 13.4. The van der Waals surface area contributed by atoms with Crippen LogP contribution in [0.2, 0.25) is 0 Å². The fourth-order valence-corrected chi connectivity index (χ4v) is 2.71. The van der Waals surface area contributed by atoms with Crippen molar-refractivity contribution >= 4 is 34.1 Å². The van der Waals surface area contributed by atoms with Crippen molar-refractivity contribution in [1.29, 1.82) is 0 Å². The molecule has 0 radical (unpaired) electrons.